The van der Waals surface area contributed by atoms with Crippen molar-refractivity contribution in [1.29, 1.82) is 0 Å². The molecule has 0 saturated carbocycles. The Kier molecular flexibility index (Phi) is 11.2. The quantitative estimate of drug-likeness (QED) is 0.149. The van der Waals surface area contributed by atoms with E-state index in [1.54, 1.807) is 48.7 Å². The Morgan fingerprint density at radius 2 is 1.76 bits per heavy atom. The number of carbonyl (C=O) groups is 2. The third-order valence-corrected chi connectivity index (χ3v) is 13.3. The number of nitrogens with zero attached hydrogens (tertiary/aromatic N) is 9. The van der Waals surface area contributed by atoms with E-state index in [1.165, 1.54) is 27.6 Å². The van der Waals surface area contributed by atoms with Gasteiger partial charge in [0, 0.05) is 118 Å². The number of hydrogen-bond acceptors (Lipinski definition) is 11. The number of rotatable bonds is 10. The molecule has 2 fully saturated rings. The molecule has 9 rings (SSSR count). The van der Waals surface area contributed by atoms with Crippen molar-refractivity contribution < 1.29 is 14.7 Å². The third kappa shape index (κ3) is 8.11. The van der Waals surface area contributed by atoms with Crippen LogP contribution in [0, 0.1) is 12.3 Å². The summed E-state index contributed by atoms with van der Waals surface area (Å²) < 4.78 is 3.63. The van der Waals surface area contributed by atoms with Crippen molar-refractivity contribution in [2.45, 2.75) is 78.6 Å². The Labute approximate surface area is 368 Å². The highest BCUT2D eigenvalue weighted by Crippen LogP contribution is 2.40. The van der Waals surface area contributed by atoms with Gasteiger partial charge in [-0.05, 0) is 92.5 Å². The predicted octanol–water partition coefficient (Wildman–Crippen LogP) is 5.67. The zero-order valence-corrected chi connectivity index (χ0v) is 36.9. The summed E-state index contributed by atoms with van der Waals surface area (Å²) in [6.45, 7) is 17.7. The first kappa shape index (κ1) is 42.0. The molecule has 4 aliphatic rings. The summed E-state index contributed by atoms with van der Waals surface area (Å²) in [5.74, 6) is 0.263. The van der Waals surface area contributed by atoms with Crippen LogP contribution in [0.1, 0.15) is 66.6 Å². The lowest BCUT2D eigenvalue weighted by molar-refractivity contribution is -0.111. The number of aromatic nitrogens is 5. The number of amides is 2. The molecule has 2 saturated heterocycles. The van der Waals surface area contributed by atoms with Crippen LogP contribution < -0.4 is 30.9 Å². The van der Waals surface area contributed by atoms with Gasteiger partial charge < -0.3 is 34.7 Å². The second kappa shape index (κ2) is 16.8. The molecule has 5 aromatic rings. The number of aryl methyl sites for hydroxylation is 2. The molecule has 0 radical (unpaired) electrons. The molecule has 1 atom stereocenters. The lowest BCUT2D eigenvalue weighted by atomic mass is 9.90. The Morgan fingerprint density at radius 3 is 2.51 bits per heavy atom. The topological polar surface area (TPSA) is 157 Å². The number of piperidine rings is 1. The van der Waals surface area contributed by atoms with Crippen LogP contribution in [0.4, 0.5) is 34.4 Å². The minimum Gasteiger partial charge on any atom is -0.392 e. The molecule has 328 valence electrons. The summed E-state index contributed by atoms with van der Waals surface area (Å²) in [7, 11) is 1.67. The van der Waals surface area contributed by atoms with Gasteiger partial charge in [-0.3, -0.25) is 29.2 Å². The number of piperazine rings is 1. The molecule has 0 bridgehead atoms. The van der Waals surface area contributed by atoms with E-state index >= 15 is 0 Å². The summed E-state index contributed by atoms with van der Waals surface area (Å²) in [4.78, 5) is 63.3. The normalized spacial score (nSPS) is 18.9. The molecular formula is C48H57N11O4. The van der Waals surface area contributed by atoms with E-state index < -0.39 is 0 Å². The lowest BCUT2D eigenvalue weighted by Crippen LogP contribution is -2.57. The molecule has 5 aromatic heterocycles. The Bertz CT molecular complexity index is 2660. The SMILES string of the molecule is C=CC(=O)Nc1cc(Nc2cc(-c3ccnc(N4CCn5c(cc6c5CC(C)(C)C6)C4=O)c3CO)cn(C)c2=O)ncc1N1CCN(C2CCN(c3ccnc(C)c3)CC2)CC1C. The predicted molar refractivity (Wildman–Crippen MR) is 247 cm³/mol. The van der Waals surface area contributed by atoms with Gasteiger partial charge in [0.25, 0.3) is 11.5 Å². The number of nitrogens with one attached hydrogen (secondary N) is 2. The third-order valence-electron chi connectivity index (χ3n) is 13.3. The van der Waals surface area contributed by atoms with Crippen molar-refractivity contribution in [2.75, 3.05) is 64.6 Å². The zero-order chi connectivity index (χ0) is 44.2. The standard InChI is InChI=1S/C48H57N11O4/c1-7-44(61)53-38-23-43(51-26-42(38)57-17-16-56(27-31(57)3)34-10-14-55(15-11-34)35-8-12-49-30(2)20-35)52-39-21-33(28-54(6)46(39)62)36-9-13-50-45(37(36)29-60)59-19-18-58-40(47(59)63)22-32-24-48(4,5)25-41(32)58/h7-9,12-13,20-23,26,28,31,34,60H,1,10-11,14-19,24-25,27,29H2,2-6H3,(H2,51,52,53,61). The molecule has 2 amide bonds. The molecule has 1 aliphatic carbocycles. The molecule has 0 spiro atoms. The monoisotopic (exact) mass is 851 g/mol. The van der Waals surface area contributed by atoms with Crippen LogP contribution in [0.15, 0.2) is 78.6 Å². The van der Waals surface area contributed by atoms with Crippen LogP contribution in [0.2, 0.25) is 0 Å². The molecular weight excluding hydrogens is 795 g/mol. The van der Waals surface area contributed by atoms with Gasteiger partial charge in [-0.25, -0.2) is 9.97 Å². The van der Waals surface area contributed by atoms with Gasteiger partial charge in [0.15, 0.2) is 0 Å². The highest BCUT2D eigenvalue weighted by Gasteiger charge is 2.38. The highest BCUT2D eigenvalue weighted by atomic mass is 16.3. The fraction of sp³-hybridized carbons (Fsp3) is 0.417. The van der Waals surface area contributed by atoms with Crippen LogP contribution >= 0.6 is 0 Å². The zero-order valence-electron chi connectivity index (χ0n) is 36.9. The van der Waals surface area contributed by atoms with Gasteiger partial charge in [0.2, 0.25) is 5.91 Å². The van der Waals surface area contributed by atoms with Gasteiger partial charge in [-0.2, -0.15) is 0 Å². The van der Waals surface area contributed by atoms with Crippen molar-refractivity contribution in [1.82, 2.24) is 29.0 Å². The van der Waals surface area contributed by atoms with Crippen LogP contribution in [0.5, 0.6) is 0 Å². The number of fused-ring (bicyclic) bond motifs is 3. The maximum atomic E-state index is 14.0. The summed E-state index contributed by atoms with van der Waals surface area (Å²) in [6.07, 6.45) is 12.3. The van der Waals surface area contributed by atoms with E-state index in [4.69, 9.17) is 4.98 Å². The molecule has 63 heavy (non-hydrogen) atoms. The van der Waals surface area contributed by atoms with Crippen LogP contribution in [-0.2, 0) is 37.8 Å². The maximum Gasteiger partial charge on any atom is 0.276 e. The van der Waals surface area contributed by atoms with Crippen LogP contribution in [-0.4, -0.2) is 97.3 Å². The smallest absolute Gasteiger partial charge is 0.276 e. The van der Waals surface area contributed by atoms with Crippen molar-refractivity contribution >= 4 is 46.2 Å². The summed E-state index contributed by atoms with van der Waals surface area (Å²) in [5.41, 5.74) is 8.62. The molecule has 3 N–H and O–H groups in total. The van der Waals surface area contributed by atoms with E-state index in [9.17, 15) is 19.5 Å². The van der Waals surface area contributed by atoms with Crippen molar-refractivity contribution in [3.05, 3.63) is 112 Å². The van der Waals surface area contributed by atoms with E-state index in [-0.39, 0.29) is 41.1 Å². The van der Waals surface area contributed by atoms with E-state index in [1.807, 2.05) is 19.2 Å². The molecule has 1 unspecified atom stereocenters. The van der Waals surface area contributed by atoms with Gasteiger partial charge >= 0.3 is 0 Å². The van der Waals surface area contributed by atoms with E-state index in [0.29, 0.717) is 58.8 Å². The Hall–Kier alpha value is -6.32. The summed E-state index contributed by atoms with van der Waals surface area (Å²) >= 11 is 0. The lowest BCUT2D eigenvalue weighted by Gasteiger charge is -2.47. The number of aliphatic hydroxyl groups excluding tert-OH is 1. The molecule has 3 aliphatic heterocycles. The second-order valence-electron chi connectivity index (χ2n) is 18.3. The van der Waals surface area contributed by atoms with Gasteiger partial charge in [-0.15, -0.1) is 0 Å². The minimum atomic E-state index is -0.368. The Morgan fingerprint density at radius 1 is 0.968 bits per heavy atom. The molecule has 15 heteroatoms. The van der Waals surface area contributed by atoms with Crippen molar-refractivity contribution in [3.63, 3.8) is 0 Å². The first-order valence-corrected chi connectivity index (χ1v) is 22.0. The first-order chi connectivity index (χ1) is 30.3. The van der Waals surface area contributed by atoms with Gasteiger partial charge in [0.05, 0.1) is 24.2 Å². The maximum absolute atomic E-state index is 14.0. The van der Waals surface area contributed by atoms with Crippen LogP contribution in [0.25, 0.3) is 11.1 Å². The number of aliphatic hydroxyl groups is 1. The summed E-state index contributed by atoms with van der Waals surface area (Å²) in [5, 5.41) is 17.0. The van der Waals surface area contributed by atoms with Gasteiger partial charge in [-0.1, -0.05) is 20.4 Å². The Balaban J connectivity index is 0.936. The van der Waals surface area contributed by atoms with Crippen molar-refractivity contribution in [2.24, 2.45) is 12.5 Å². The fourth-order valence-electron chi connectivity index (χ4n) is 10.3. The minimum absolute atomic E-state index is 0.145. The first-order valence-electron chi connectivity index (χ1n) is 22.0. The number of pyridine rings is 4. The fourth-order valence-corrected chi connectivity index (χ4v) is 10.3. The summed E-state index contributed by atoms with van der Waals surface area (Å²) in [6, 6.07) is 12.2. The second-order valence-corrected chi connectivity index (χ2v) is 18.3. The molecule has 8 heterocycles. The van der Waals surface area contributed by atoms with E-state index in [0.717, 1.165) is 69.8 Å². The van der Waals surface area contributed by atoms with Gasteiger partial charge in [0.1, 0.15) is 23.0 Å². The number of hydrogen-bond donors (Lipinski definition) is 3. The average Bonchev–Trinajstić information content (AvgIpc) is 3.77. The largest absolute Gasteiger partial charge is 0.392 e. The van der Waals surface area contributed by atoms with Crippen LogP contribution in [0.3, 0.4) is 0 Å². The number of anilines is 6. The number of carbonyl (C=O) groups excluding carboxylic acids is 2. The van der Waals surface area contributed by atoms with E-state index in [2.05, 4.69) is 79.4 Å². The molecule has 15 nitrogen and oxygen atoms in total. The molecule has 0 aromatic carbocycles. The average molecular weight is 852 g/mol. The highest BCUT2D eigenvalue weighted by molar-refractivity contribution is 6.06. The van der Waals surface area contributed by atoms with Crippen molar-refractivity contribution in [3.8, 4) is 11.1 Å².